The highest BCUT2D eigenvalue weighted by Crippen LogP contribution is 2.35. The van der Waals surface area contributed by atoms with Gasteiger partial charge in [0, 0.05) is 29.7 Å². The predicted molar refractivity (Wildman–Crippen MR) is 106 cm³/mol. The van der Waals surface area contributed by atoms with E-state index in [9.17, 15) is 0 Å². The van der Waals surface area contributed by atoms with Crippen molar-refractivity contribution in [2.45, 2.75) is 0 Å². The van der Waals surface area contributed by atoms with E-state index < -0.39 is 0 Å². The molecule has 6 heteroatoms. The highest BCUT2D eigenvalue weighted by Gasteiger charge is 2.11. The van der Waals surface area contributed by atoms with Gasteiger partial charge in [0.1, 0.15) is 17.4 Å². The van der Waals surface area contributed by atoms with E-state index in [1.807, 2.05) is 30.3 Å². The first-order valence-electron chi connectivity index (χ1n) is 8.38. The van der Waals surface area contributed by atoms with Gasteiger partial charge in [-0.25, -0.2) is 4.98 Å². The van der Waals surface area contributed by atoms with Gasteiger partial charge in [0.05, 0.1) is 23.4 Å². The summed E-state index contributed by atoms with van der Waals surface area (Å²) in [5.74, 6) is 0.906. The number of hydrogen-bond acceptors (Lipinski definition) is 5. The van der Waals surface area contributed by atoms with E-state index in [2.05, 4.69) is 33.0 Å². The lowest BCUT2D eigenvalue weighted by Gasteiger charge is -2.26. The molecule has 0 saturated carbocycles. The lowest BCUT2D eigenvalue weighted by Crippen LogP contribution is -2.38. The minimum absolute atomic E-state index is 0.696. The molecule has 1 fully saturated rings. The molecule has 130 valence electrons. The van der Waals surface area contributed by atoms with E-state index in [1.54, 1.807) is 11.3 Å². The number of thiazole rings is 1. The molecule has 2 heterocycles. The van der Waals surface area contributed by atoms with Crippen molar-refractivity contribution in [3.63, 3.8) is 0 Å². The standard InChI is InChI=1S/C19H19BrN2O2S/c20-16-4-2-1-3-15(16)19-21-17-6-5-14(13-18(17)25-19)24-12-9-22-7-10-23-11-8-22/h1-6,13H,7-12H2. The Labute approximate surface area is 159 Å². The van der Waals surface area contributed by atoms with Gasteiger partial charge in [0.15, 0.2) is 0 Å². The van der Waals surface area contributed by atoms with Crippen molar-refractivity contribution in [2.75, 3.05) is 39.5 Å². The molecule has 0 aliphatic carbocycles. The van der Waals surface area contributed by atoms with E-state index in [0.29, 0.717) is 6.61 Å². The Kier molecular flexibility index (Phi) is 5.31. The zero-order valence-electron chi connectivity index (χ0n) is 13.8. The Hall–Kier alpha value is -1.47. The SMILES string of the molecule is Brc1ccccc1-c1nc2ccc(OCCN3CCOCC3)cc2s1. The molecule has 0 bridgehead atoms. The average Bonchev–Trinajstić information content (AvgIpc) is 3.06. The molecule has 2 aromatic carbocycles. The van der Waals surface area contributed by atoms with E-state index in [4.69, 9.17) is 14.5 Å². The number of fused-ring (bicyclic) bond motifs is 1. The third kappa shape index (κ3) is 4.03. The fourth-order valence-electron chi connectivity index (χ4n) is 2.86. The number of hydrogen-bond donors (Lipinski definition) is 0. The molecule has 1 saturated heterocycles. The predicted octanol–water partition coefficient (Wildman–Crippen LogP) is 4.44. The summed E-state index contributed by atoms with van der Waals surface area (Å²) < 4.78 is 13.5. The summed E-state index contributed by atoms with van der Waals surface area (Å²) in [5, 5.41) is 1.02. The molecule has 0 atom stereocenters. The van der Waals surface area contributed by atoms with E-state index in [0.717, 1.165) is 63.9 Å². The highest BCUT2D eigenvalue weighted by atomic mass is 79.9. The molecule has 4 nitrogen and oxygen atoms in total. The Bertz CT molecular complexity index is 862. The molecule has 0 radical (unpaired) electrons. The summed E-state index contributed by atoms with van der Waals surface area (Å²) in [5.41, 5.74) is 2.13. The smallest absolute Gasteiger partial charge is 0.125 e. The summed E-state index contributed by atoms with van der Waals surface area (Å²) in [7, 11) is 0. The van der Waals surface area contributed by atoms with Crippen molar-refractivity contribution in [3.8, 4) is 16.3 Å². The summed E-state index contributed by atoms with van der Waals surface area (Å²) in [6.07, 6.45) is 0. The van der Waals surface area contributed by atoms with Crippen molar-refractivity contribution in [2.24, 2.45) is 0 Å². The monoisotopic (exact) mass is 418 g/mol. The van der Waals surface area contributed by atoms with Crippen LogP contribution in [0.5, 0.6) is 5.75 Å². The number of nitrogens with zero attached hydrogens (tertiary/aromatic N) is 2. The maximum absolute atomic E-state index is 5.94. The molecular formula is C19H19BrN2O2S. The molecule has 0 spiro atoms. The number of ether oxygens (including phenoxy) is 2. The van der Waals surface area contributed by atoms with Crippen molar-refractivity contribution in [3.05, 3.63) is 46.9 Å². The van der Waals surface area contributed by atoms with Crippen LogP contribution in [0.1, 0.15) is 0 Å². The van der Waals surface area contributed by atoms with E-state index >= 15 is 0 Å². The summed E-state index contributed by atoms with van der Waals surface area (Å²) in [6, 6.07) is 14.3. The van der Waals surface area contributed by atoms with Gasteiger partial charge >= 0.3 is 0 Å². The average molecular weight is 419 g/mol. The van der Waals surface area contributed by atoms with Gasteiger partial charge in [-0.15, -0.1) is 11.3 Å². The molecule has 1 aromatic heterocycles. The second-order valence-electron chi connectivity index (χ2n) is 5.93. The molecule has 0 amide bonds. The molecule has 25 heavy (non-hydrogen) atoms. The highest BCUT2D eigenvalue weighted by molar-refractivity contribution is 9.10. The Balaban J connectivity index is 1.46. The first-order chi connectivity index (χ1) is 12.3. The van der Waals surface area contributed by atoms with E-state index in [1.165, 1.54) is 0 Å². The van der Waals surface area contributed by atoms with Crippen molar-refractivity contribution < 1.29 is 9.47 Å². The van der Waals surface area contributed by atoms with Crippen LogP contribution in [-0.2, 0) is 4.74 Å². The number of rotatable bonds is 5. The Morgan fingerprint density at radius 3 is 2.84 bits per heavy atom. The molecule has 0 N–H and O–H groups in total. The topological polar surface area (TPSA) is 34.6 Å². The van der Waals surface area contributed by atoms with Crippen LogP contribution < -0.4 is 4.74 Å². The quantitative estimate of drug-likeness (QED) is 0.613. The lowest BCUT2D eigenvalue weighted by atomic mass is 10.2. The van der Waals surface area contributed by atoms with Crippen LogP contribution in [-0.4, -0.2) is 49.3 Å². The van der Waals surface area contributed by atoms with Gasteiger partial charge in [-0.05, 0) is 24.3 Å². The largest absolute Gasteiger partial charge is 0.492 e. The minimum atomic E-state index is 0.696. The Morgan fingerprint density at radius 2 is 2.00 bits per heavy atom. The van der Waals surface area contributed by atoms with Crippen LogP contribution in [0.4, 0.5) is 0 Å². The lowest BCUT2D eigenvalue weighted by molar-refractivity contribution is 0.0322. The van der Waals surface area contributed by atoms with Crippen LogP contribution in [0.25, 0.3) is 20.8 Å². The normalized spacial score (nSPS) is 15.6. The fourth-order valence-corrected chi connectivity index (χ4v) is 4.50. The van der Waals surface area contributed by atoms with Gasteiger partial charge in [0.25, 0.3) is 0 Å². The maximum atomic E-state index is 5.94. The molecule has 0 unspecified atom stereocenters. The van der Waals surface area contributed by atoms with Gasteiger partial charge in [-0.2, -0.15) is 0 Å². The van der Waals surface area contributed by atoms with Crippen LogP contribution in [0.3, 0.4) is 0 Å². The maximum Gasteiger partial charge on any atom is 0.125 e. The molecular weight excluding hydrogens is 400 g/mol. The molecule has 4 rings (SSSR count). The van der Waals surface area contributed by atoms with Crippen LogP contribution in [0, 0.1) is 0 Å². The number of aromatic nitrogens is 1. The van der Waals surface area contributed by atoms with Crippen molar-refractivity contribution >= 4 is 37.5 Å². The van der Waals surface area contributed by atoms with Crippen LogP contribution in [0.2, 0.25) is 0 Å². The zero-order chi connectivity index (χ0) is 17.1. The van der Waals surface area contributed by atoms with Crippen molar-refractivity contribution in [1.29, 1.82) is 0 Å². The summed E-state index contributed by atoms with van der Waals surface area (Å²) in [4.78, 5) is 7.12. The number of morpholine rings is 1. The van der Waals surface area contributed by atoms with Gasteiger partial charge in [-0.1, -0.05) is 34.1 Å². The number of benzene rings is 2. The van der Waals surface area contributed by atoms with Gasteiger partial charge < -0.3 is 9.47 Å². The number of halogens is 1. The summed E-state index contributed by atoms with van der Waals surface area (Å²) >= 11 is 5.30. The Morgan fingerprint density at radius 1 is 1.16 bits per heavy atom. The van der Waals surface area contributed by atoms with Gasteiger partial charge in [0.2, 0.25) is 0 Å². The first-order valence-corrected chi connectivity index (χ1v) is 9.99. The third-order valence-electron chi connectivity index (χ3n) is 4.24. The minimum Gasteiger partial charge on any atom is -0.492 e. The molecule has 3 aromatic rings. The van der Waals surface area contributed by atoms with Crippen LogP contribution >= 0.6 is 27.3 Å². The van der Waals surface area contributed by atoms with E-state index in [-0.39, 0.29) is 0 Å². The van der Waals surface area contributed by atoms with Crippen LogP contribution in [0.15, 0.2) is 46.9 Å². The zero-order valence-corrected chi connectivity index (χ0v) is 16.2. The van der Waals surface area contributed by atoms with Gasteiger partial charge in [-0.3, -0.25) is 4.90 Å². The molecule has 1 aliphatic rings. The fraction of sp³-hybridized carbons (Fsp3) is 0.316. The summed E-state index contributed by atoms with van der Waals surface area (Å²) in [6.45, 7) is 5.27. The molecule has 1 aliphatic heterocycles. The second kappa shape index (κ2) is 7.83. The van der Waals surface area contributed by atoms with Crippen molar-refractivity contribution in [1.82, 2.24) is 9.88 Å². The first kappa shape index (κ1) is 17.0. The third-order valence-corrected chi connectivity index (χ3v) is 5.99. The second-order valence-corrected chi connectivity index (χ2v) is 7.82.